The van der Waals surface area contributed by atoms with E-state index < -0.39 is 15.8 Å². The molecule has 2 aromatic carbocycles. The second-order valence-electron chi connectivity index (χ2n) is 6.06. The van der Waals surface area contributed by atoms with Gasteiger partial charge in [-0.25, -0.2) is 4.79 Å². The molecule has 0 aliphatic carbocycles. The first-order valence-corrected chi connectivity index (χ1v) is 8.47. The number of hydrogen-bond donors (Lipinski definition) is 0. The summed E-state index contributed by atoms with van der Waals surface area (Å²) in [6.07, 6.45) is 0. The highest BCUT2D eigenvalue weighted by molar-refractivity contribution is 5.91. The molecule has 3 rings (SSSR count). The molecule has 28 heavy (non-hydrogen) atoms. The van der Waals surface area contributed by atoms with Crippen molar-refractivity contribution in [3.05, 3.63) is 73.8 Å². The maximum Gasteiger partial charge on any atom is 0.338 e. The molecule has 1 fully saturated rings. The van der Waals surface area contributed by atoms with Crippen molar-refractivity contribution in [1.29, 1.82) is 0 Å². The number of hydrogen-bond acceptors (Lipinski definition) is 8. The summed E-state index contributed by atoms with van der Waals surface area (Å²) >= 11 is 0. The first kappa shape index (κ1) is 19.2. The van der Waals surface area contributed by atoms with Crippen LogP contribution >= 0.6 is 0 Å². The molecule has 1 aliphatic rings. The van der Waals surface area contributed by atoms with E-state index in [0.717, 1.165) is 0 Å². The Hall–Kier alpha value is -3.53. The van der Waals surface area contributed by atoms with Gasteiger partial charge in [-0.3, -0.25) is 20.2 Å². The summed E-state index contributed by atoms with van der Waals surface area (Å²) in [5, 5.41) is 22.1. The Balaban J connectivity index is 1.71. The molecule has 0 saturated carbocycles. The highest BCUT2D eigenvalue weighted by atomic mass is 16.6. The van der Waals surface area contributed by atoms with E-state index in [0.29, 0.717) is 37.6 Å². The normalized spacial score (nSPS) is 13.8. The molecule has 0 spiro atoms. The lowest BCUT2D eigenvalue weighted by Gasteiger charge is -2.28. The van der Waals surface area contributed by atoms with E-state index in [1.54, 1.807) is 0 Å². The van der Waals surface area contributed by atoms with Gasteiger partial charge >= 0.3 is 5.97 Å². The molecule has 1 saturated heterocycles. The van der Waals surface area contributed by atoms with Gasteiger partial charge in [0, 0.05) is 31.3 Å². The highest BCUT2D eigenvalue weighted by Crippen LogP contribution is 2.30. The Morgan fingerprint density at radius 3 is 2.32 bits per heavy atom. The molecule has 0 amide bonds. The molecule has 0 bridgehead atoms. The van der Waals surface area contributed by atoms with Crippen molar-refractivity contribution < 1.29 is 24.1 Å². The monoisotopic (exact) mass is 387 g/mol. The van der Waals surface area contributed by atoms with Gasteiger partial charge < -0.3 is 14.4 Å². The lowest BCUT2D eigenvalue weighted by Crippen LogP contribution is -2.36. The first-order chi connectivity index (χ1) is 13.5. The summed E-state index contributed by atoms with van der Waals surface area (Å²) in [6.45, 7) is 1.93. The Kier molecular flexibility index (Phi) is 5.80. The Bertz CT molecular complexity index is 893. The van der Waals surface area contributed by atoms with E-state index in [2.05, 4.69) is 0 Å². The van der Waals surface area contributed by atoms with E-state index in [1.807, 2.05) is 4.90 Å². The van der Waals surface area contributed by atoms with E-state index in [4.69, 9.17) is 9.47 Å². The number of morpholine rings is 1. The third-order valence-corrected chi connectivity index (χ3v) is 4.28. The van der Waals surface area contributed by atoms with Gasteiger partial charge in [0.2, 0.25) is 0 Å². The number of nitro groups is 2. The fourth-order valence-corrected chi connectivity index (χ4v) is 2.81. The lowest BCUT2D eigenvalue weighted by molar-refractivity contribution is -0.384. The van der Waals surface area contributed by atoms with Crippen molar-refractivity contribution in [1.82, 2.24) is 0 Å². The summed E-state index contributed by atoms with van der Waals surface area (Å²) in [7, 11) is 0. The molecule has 2 aromatic rings. The van der Waals surface area contributed by atoms with E-state index in [1.165, 1.54) is 42.5 Å². The Morgan fingerprint density at radius 2 is 1.71 bits per heavy atom. The van der Waals surface area contributed by atoms with E-state index in [9.17, 15) is 25.0 Å². The van der Waals surface area contributed by atoms with Crippen molar-refractivity contribution in [3.63, 3.8) is 0 Å². The maximum absolute atomic E-state index is 12.3. The fraction of sp³-hybridized carbons (Fsp3) is 0.278. The molecule has 146 valence electrons. The van der Waals surface area contributed by atoms with Gasteiger partial charge in [0.25, 0.3) is 11.4 Å². The molecule has 0 atom stereocenters. The van der Waals surface area contributed by atoms with Crippen LogP contribution in [-0.4, -0.2) is 42.1 Å². The second-order valence-corrected chi connectivity index (χ2v) is 6.06. The number of carbonyl (C=O) groups excluding carboxylic acids is 1. The van der Waals surface area contributed by atoms with Crippen LogP contribution in [0.2, 0.25) is 0 Å². The van der Waals surface area contributed by atoms with Crippen LogP contribution in [0.3, 0.4) is 0 Å². The molecule has 0 aromatic heterocycles. The van der Waals surface area contributed by atoms with Crippen LogP contribution in [0, 0.1) is 20.2 Å². The van der Waals surface area contributed by atoms with Crippen molar-refractivity contribution in [2.75, 3.05) is 31.2 Å². The minimum Gasteiger partial charge on any atom is -0.457 e. The largest absolute Gasteiger partial charge is 0.457 e. The number of carbonyl (C=O) groups is 1. The second kappa shape index (κ2) is 8.44. The number of nitro benzene ring substituents is 2. The van der Waals surface area contributed by atoms with Gasteiger partial charge in [-0.15, -0.1) is 0 Å². The van der Waals surface area contributed by atoms with Gasteiger partial charge in [0.05, 0.1) is 28.6 Å². The highest BCUT2D eigenvalue weighted by Gasteiger charge is 2.23. The van der Waals surface area contributed by atoms with Crippen molar-refractivity contribution in [2.24, 2.45) is 0 Å². The van der Waals surface area contributed by atoms with Crippen LogP contribution in [-0.2, 0) is 16.1 Å². The maximum atomic E-state index is 12.3. The van der Waals surface area contributed by atoms with Crippen LogP contribution in [0.15, 0.2) is 42.5 Å². The third kappa shape index (κ3) is 4.41. The first-order valence-electron chi connectivity index (χ1n) is 8.47. The average Bonchev–Trinajstić information content (AvgIpc) is 2.72. The summed E-state index contributed by atoms with van der Waals surface area (Å²) in [4.78, 5) is 35.1. The number of rotatable bonds is 6. The van der Waals surface area contributed by atoms with E-state index in [-0.39, 0.29) is 23.5 Å². The quantitative estimate of drug-likeness (QED) is 0.421. The standard InChI is InChI=1S/C18H17N3O7/c22-18(28-12-13-1-4-15(5-2-13)20(23)24)14-3-6-16(17(11-14)21(25)26)19-7-9-27-10-8-19/h1-6,11H,7-10,12H2. The molecule has 0 unspecified atom stereocenters. The lowest BCUT2D eigenvalue weighted by atomic mass is 10.1. The SMILES string of the molecule is O=C(OCc1ccc([N+](=O)[O-])cc1)c1ccc(N2CCOCC2)c([N+](=O)[O-])c1. The van der Waals surface area contributed by atoms with Crippen LogP contribution < -0.4 is 4.90 Å². The van der Waals surface area contributed by atoms with Crippen molar-refractivity contribution in [3.8, 4) is 0 Å². The molecule has 10 nitrogen and oxygen atoms in total. The summed E-state index contributed by atoms with van der Waals surface area (Å²) < 4.78 is 10.4. The number of ether oxygens (including phenoxy) is 2. The van der Waals surface area contributed by atoms with Gasteiger partial charge in [0.15, 0.2) is 0 Å². The summed E-state index contributed by atoms with van der Waals surface area (Å²) in [5.41, 5.74) is 0.820. The molecule has 0 N–H and O–H groups in total. The van der Waals surface area contributed by atoms with Gasteiger partial charge in [-0.1, -0.05) is 0 Å². The number of esters is 1. The summed E-state index contributed by atoms with van der Waals surface area (Å²) in [6, 6.07) is 9.80. The molecular weight excluding hydrogens is 370 g/mol. The van der Waals surface area contributed by atoms with E-state index >= 15 is 0 Å². The molecule has 10 heteroatoms. The number of non-ortho nitro benzene ring substituents is 1. The third-order valence-electron chi connectivity index (χ3n) is 4.28. The van der Waals surface area contributed by atoms with Crippen LogP contribution in [0.5, 0.6) is 0 Å². The average molecular weight is 387 g/mol. The molecule has 0 radical (unpaired) electrons. The zero-order valence-electron chi connectivity index (χ0n) is 14.8. The van der Waals surface area contributed by atoms with Crippen LogP contribution in [0.4, 0.5) is 17.1 Å². The fourth-order valence-electron chi connectivity index (χ4n) is 2.81. The zero-order chi connectivity index (χ0) is 20.1. The Labute approximate surface area is 159 Å². The smallest absolute Gasteiger partial charge is 0.338 e. The minimum absolute atomic E-state index is 0.0608. The number of nitrogens with zero attached hydrogens (tertiary/aromatic N) is 3. The van der Waals surface area contributed by atoms with Gasteiger partial charge in [-0.2, -0.15) is 0 Å². The summed E-state index contributed by atoms with van der Waals surface area (Å²) in [5.74, 6) is -0.713. The van der Waals surface area contributed by atoms with Crippen LogP contribution in [0.25, 0.3) is 0 Å². The minimum atomic E-state index is -0.713. The van der Waals surface area contributed by atoms with Crippen LogP contribution in [0.1, 0.15) is 15.9 Å². The van der Waals surface area contributed by atoms with Crippen molar-refractivity contribution in [2.45, 2.75) is 6.61 Å². The van der Waals surface area contributed by atoms with Gasteiger partial charge in [-0.05, 0) is 29.8 Å². The predicted octanol–water partition coefficient (Wildman–Crippen LogP) is 2.70. The predicted molar refractivity (Wildman–Crippen MR) is 98.3 cm³/mol. The zero-order valence-corrected chi connectivity index (χ0v) is 14.8. The molecule has 1 aliphatic heterocycles. The Morgan fingerprint density at radius 1 is 1.04 bits per heavy atom. The number of benzene rings is 2. The number of anilines is 1. The van der Waals surface area contributed by atoms with Crippen molar-refractivity contribution >= 4 is 23.0 Å². The molecular formula is C18H17N3O7. The topological polar surface area (TPSA) is 125 Å². The molecule has 1 heterocycles. The van der Waals surface area contributed by atoms with Gasteiger partial charge in [0.1, 0.15) is 12.3 Å².